The van der Waals surface area contributed by atoms with E-state index in [1.807, 2.05) is 6.07 Å². The summed E-state index contributed by atoms with van der Waals surface area (Å²) in [6.45, 7) is 0. The minimum absolute atomic E-state index is 0.172. The zero-order chi connectivity index (χ0) is 21.7. The number of nitriles is 1. The quantitative estimate of drug-likeness (QED) is 0.317. The smallest absolute Gasteiger partial charge is 0.339 e. The Labute approximate surface area is 182 Å². The van der Waals surface area contributed by atoms with Crippen LogP contribution in [0.2, 0.25) is 10.0 Å². The van der Waals surface area contributed by atoms with Gasteiger partial charge in [-0.2, -0.15) is 5.26 Å². The molecule has 2 aromatic carbocycles. The molecule has 1 heterocycles. The van der Waals surface area contributed by atoms with E-state index in [1.165, 1.54) is 25.3 Å². The van der Waals surface area contributed by atoms with Crippen molar-refractivity contribution in [1.29, 1.82) is 5.26 Å². The highest BCUT2D eigenvalue weighted by Gasteiger charge is 2.16. The first-order valence-electron chi connectivity index (χ1n) is 8.58. The SMILES string of the molecule is COC(=O)c1ccccc1NC(=O)/C(C#N)=C/c1ccc(-c2ccc(Cl)c(Cl)c2)o1. The summed E-state index contributed by atoms with van der Waals surface area (Å²) in [4.78, 5) is 24.4. The second kappa shape index (κ2) is 9.31. The Bertz CT molecular complexity index is 1190. The summed E-state index contributed by atoms with van der Waals surface area (Å²) in [5.41, 5.74) is 0.890. The molecule has 0 aliphatic rings. The fourth-order valence-electron chi connectivity index (χ4n) is 2.60. The maximum absolute atomic E-state index is 12.5. The highest BCUT2D eigenvalue weighted by atomic mass is 35.5. The minimum Gasteiger partial charge on any atom is -0.465 e. The Kier molecular flexibility index (Phi) is 6.58. The third-order valence-electron chi connectivity index (χ3n) is 4.06. The van der Waals surface area contributed by atoms with E-state index >= 15 is 0 Å². The number of hydrogen-bond acceptors (Lipinski definition) is 5. The van der Waals surface area contributed by atoms with Crippen molar-refractivity contribution < 1.29 is 18.7 Å². The van der Waals surface area contributed by atoms with Crippen LogP contribution < -0.4 is 5.32 Å². The predicted molar refractivity (Wildman–Crippen MR) is 114 cm³/mol. The van der Waals surface area contributed by atoms with Crippen LogP contribution in [-0.2, 0) is 9.53 Å². The van der Waals surface area contributed by atoms with Gasteiger partial charge in [-0.1, -0.05) is 35.3 Å². The maximum Gasteiger partial charge on any atom is 0.339 e. The lowest BCUT2D eigenvalue weighted by Gasteiger charge is -2.08. The van der Waals surface area contributed by atoms with Gasteiger partial charge in [0, 0.05) is 11.6 Å². The number of hydrogen-bond donors (Lipinski definition) is 1. The van der Waals surface area contributed by atoms with Crippen LogP contribution in [0.4, 0.5) is 5.69 Å². The van der Waals surface area contributed by atoms with Crippen LogP contribution >= 0.6 is 23.2 Å². The number of nitrogens with zero attached hydrogens (tertiary/aromatic N) is 1. The molecule has 8 heteroatoms. The molecular weight excluding hydrogens is 427 g/mol. The van der Waals surface area contributed by atoms with Crippen molar-refractivity contribution in [3.8, 4) is 17.4 Å². The van der Waals surface area contributed by atoms with Crippen molar-refractivity contribution in [3.63, 3.8) is 0 Å². The largest absolute Gasteiger partial charge is 0.465 e. The number of ether oxygens (including phenoxy) is 1. The van der Waals surface area contributed by atoms with Crippen molar-refractivity contribution in [2.45, 2.75) is 0 Å². The molecule has 0 spiro atoms. The molecule has 0 aliphatic heterocycles. The van der Waals surface area contributed by atoms with Crippen LogP contribution in [0.3, 0.4) is 0 Å². The van der Waals surface area contributed by atoms with Gasteiger partial charge in [0.05, 0.1) is 28.4 Å². The Balaban J connectivity index is 1.84. The molecule has 0 fully saturated rings. The second-order valence-corrected chi connectivity index (χ2v) is 6.81. The summed E-state index contributed by atoms with van der Waals surface area (Å²) in [6, 6.07) is 16.5. The standard InChI is InChI=1S/C22H14Cl2N2O4/c1-29-22(28)16-4-2-3-5-19(16)26-21(27)14(12-25)10-15-7-9-20(30-15)13-6-8-17(23)18(24)11-13/h2-11H,1H3,(H,26,27)/b14-10+. The number of amides is 1. The molecule has 6 nitrogen and oxygen atoms in total. The molecule has 3 rings (SSSR count). The van der Waals surface area contributed by atoms with E-state index in [0.717, 1.165) is 0 Å². The van der Waals surface area contributed by atoms with E-state index in [-0.39, 0.29) is 16.8 Å². The van der Waals surface area contributed by atoms with Gasteiger partial charge in [-0.25, -0.2) is 4.79 Å². The number of furan rings is 1. The fraction of sp³-hybridized carbons (Fsp3) is 0.0455. The first-order valence-corrected chi connectivity index (χ1v) is 9.34. The molecule has 3 aromatic rings. The number of rotatable bonds is 5. The van der Waals surface area contributed by atoms with E-state index in [2.05, 4.69) is 5.32 Å². The Morgan fingerprint density at radius 1 is 1.10 bits per heavy atom. The average molecular weight is 441 g/mol. The normalized spacial score (nSPS) is 10.9. The average Bonchev–Trinajstić information content (AvgIpc) is 3.22. The molecule has 150 valence electrons. The van der Waals surface area contributed by atoms with Crippen LogP contribution in [-0.4, -0.2) is 19.0 Å². The van der Waals surface area contributed by atoms with Gasteiger partial charge in [0.1, 0.15) is 23.2 Å². The van der Waals surface area contributed by atoms with Crippen molar-refractivity contribution in [2.75, 3.05) is 12.4 Å². The van der Waals surface area contributed by atoms with Gasteiger partial charge in [0.2, 0.25) is 0 Å². The fourth-order valence-corrected chi connectivity index (χ4v) is 2.89. The topological polar surface area (TPSA) is 92.3 Å². The lowest BCUT2D eigenvalue weighted by atomic mass is 10.1. The van der Waals surface area contributed by atoms with Crippen LogP contribution in [0.25, 0.3) is 17.4 Å². The van der Waals surface area contributed by atoms with Gasteiger partial charge < -0.3 is 14.5 Å². The molecule has 0 radical (unpaired) electrons. The summed E-state index contributed by atoms with van der Waals surface area (Å²) >= 11 is 11.9. The van der Waals surface area contributed by atoms with E-state index in [1.54, 1.807) is 42.5 Å². The molecule has 1 aromatic heterocycles. The number of carbonyl (C=O) groups excluding carboxylic acids is 2. The number of para-hydroxylation sites is 1. The lowest BCUT2D eigenvalue weighted by Crippen LogP contribution is -2.16. The monoisotopic (exact) mass is 440 g/mol. The Morgan fingerprint density at radius 3 is 2.57 bits per heavy atom. The molecule has 0 unspecified atom stereocenters. The molecule has 1 N–H and O–H groups in total. The van der Waals surface area contributed by atoms with Gasteiger partial charge in [-0.3, -0.25) is 4.79 Å². The van der Waals surface area contributed by atoms with Gasteiger partial charge in [-0.15, -0.1) is 0 Å². The van der Waals surface area contributed by atoms with Crippen LogP contribution in [0.1, 0.15) is 16.1 Å². The zero-order valence-electron chi connectivity index (χ0n) is 15.6. The molecule has 0 aliphatic carbocycles. The van der Waals surface area contributed by atoms with Crippen molar-refractivity contribution >= 4 is 46.8 Å². The van der Waals surface area contributed by atoms with Gasteiger partial charge >= 0.3 is 5.97 Å². The number of nitrogens with one attached hydrogen (secondary N) is 1. The van der Waals surface area contributed by atoms with Crippen molar-refractivity contribution in [1.82, 2.24) is 0 Å². The molecule has 0 atom stereocenters. The Hall–Kier alpha value is -3.53. The van der Waals surface area contributed by atoms with E-state index in [4.69, 9.17) is 32.4 Å². The number of benzene rings is 2. The van der Waals surface area contributed by atoms with Crippen molar-refractivity contribution in [2.24, 2.45) is 0 Å². The minimum atomic E-state index is -0.693. The van der Waals surface area contributed by atoms with Gasteiger partial charge in [0.15, 0.2) is 0 Å². The van der Waals surface area contributed by atoms with E-state index in [9.17, 15) is 14.9 Å². The van der Waals surface area contributed by atoms with Crippen LogP contribution in [0.5, 0.6) is 0 Å². The molecule has 0 bridgehead atoms. The number of halogens is 2. The number of methoxy groups -OCH3 is 1. The number of carbonyl (C=O) groups is 2. The van der Waals surface area contributed by atoms with Gasteiger partial charge in [0.25, 0.3) is 5.91 Å². The first kappa shape index (κ1) is 21.2. The zero-order valence-corrected chi connectivity index (χ0v) is 17.1. The Morgan fingerprint density at radius 2 is 1.87 bits per heavy atom. The molecule has 0 saturated heterocycles. The molecular formula is C22H14Cl2N2O4. The summed E-state index contributed by atoms with van der Waals surface area (Å²) in [7, 11) is 1.24. The first-order chi connectivity index (χ1) is 14.4. The molecule has 0 saturated carbocycles. The maximum atomic E-state index is 12.5. The van der Waals surface area contributed by atoms with Crippen LogP contribution in [0, 0.1) is 11.3 Å². The van der Waals surface area contributed by atoms with E-state index in [0.29, 0.717) is 27.1 Å². The van der Waals surface area contributed by atoms with Gasteiger partial charge in [-0.05, 0) is 42.5 Å². The number of anilines is 1. The third kappa shape index (κ3) is 4.71. The second-order valence-electron chi connectivity index (χ2n) is 5.99. The summed E-state index contributed by atoms with van der Waals surface area (Å²) in [5, 5.41) is 12.7. The highest BCUT2D eigenvalue weighted by Crippen LogP contribution is 2.30. The summed E-state index contributed by atoms with van der Waals surface area (Å²) in [5.74, 6) is -0.510. The highest BCUT2D eigenvalue weighted by molar-refractivity contribution is 6.42. The number of esters is 1. The molecule has 30 heavy (non-hydrogen) atoms. The van der Waals surface area contributed by atoms with Crippen molar-refractivity contribution in [3.05, 3.63) is 81.5 Å². The van der Waals surface area contributed by atoms with E-state index < -0.39 is 11.9 Å². The predicted octanol–water partition coefficient (Wildman–Crippen LogP) is 5.59. The summed E-state index contributed by atoms with van der Waals surface area (Å²) in [6.07, 6.45) is 1.30. The third-order valence-corrected chi connectivity index (χ3v) is 4.80. The lowest BCUT2D eigenvalue weighted by molar-refractivity contribution is -0.112. The van der Waals surface area contributed by atoms with Crippen LogP contribution in [0.15, 0.2) is 64.6 Å². The summed E-state index contributed by atoms with van der Waals surface area (Å²) < 4.78 is 10.4. The molecule has 1 amide bonds.